The molecule has 1 aliphatic heterocycles. The van der Waals surface area contributed by atoms with Crippen molar-refractivity contribution in [2.45, 2.75) is 25.8 Å². The lowest BCUT2D eigenvalue weighted by Gasteiger charge is -2.36. The molecule has 1 unspecified atom stereocenters. The second kappa shape index (κ2) is 6.50. The van der Waals surface area contributed by atoms with Gasteiger partial charge in [0.15, 0.2) is 0 Å². The molecule has 1 atom stereocenters. The molecule has 0 spiro atoms. The second-order valence-electron chi connectivity index (χ2n) is 5.82. The summed E-state index contributed by atoms with van der Waals surface area (Å²) in [5, 5.41) is 3.53. The monoisotopic (exact) mass is 329 g/mol. The quantitative estimate of drug-likeness (QED) is 0.844. The van der Waals surface area contributed by atoms with Crippen LogP contribution in [0.5, 0.6) is 0 Å². The van der Waals surface area contributed by atoms with Gasteiger partial charge < -0.3 is 16.0 Å². The van der Waals surface area contributed by atoms with E-state index in [4.69, 9.17) is 17.3 Å². The molecule has 0 bridgehead atoms. The molecule has 4 nitrogen and oxygen atoms in total. The Morgan fingerprint density at radius 3 is 2.87 bits per heavy atom. The molecule has 1 heterocycles. The summed E-state index contributed by atoms with van der Waals surface area (Å²) in [5.41, 5.74) is 9.79. The second-order valence-corrected chi connectivity index (χ2v) is 6.25. The minimum absolute atomic E-state index is 0.0532. The number of halogens is 1. The summed E-state index contributed by atoms with van der Waals surface area (Å²) < 4.78 is 0. The predicted molar refractivity (Wildman–Crippen MR) is 96.1 cm³/mol. The van der Waals surface area contributed by atoms with Gasteiger partial charge in [-0.2, -0.15) is 0 Å². The first-order valence-electron chi connectivity index (χ1n) is 7.76. The summed E-state index contributed by atoms with van der Waals surface area (Å²) in [5.74, 6) is -0.0532. The maximum Gasteiger partial charge on any atom is 0.246 e. The highest BCUT2D eigenvalue weighted by atomic mass is 35.5. The molecule has 0 saturated heterocycles. The van der Waals surface area contributed by atoms with E-state index in [0.717, 1.165) is 36.3 Å². The Kier molecular flexibility index (Phi) is 4.44. The van der Waals surface area contributed by atoms with Crippen molar-refractivity contribution in [3.63, 3.8) is 0 Å². The number of hydrogen-bond acceptors (Lipinski definition) is 3. The number of nitrogen functional groups attached to an aromatic ring is 1. The number of hydrogen-bond donors (Lipinski definition) is 2. The van der Waals surface area contributed by atoms with Crippen LogP contribution in [0.4, 0.5) is 17.1 Å². The Morgan fingerprint density at radius 2 is 2.09 bits per heavy atom. The van der Waals surface area contributed by atoms with Crippen molar-refractivity contribution < 1.29 is 4.79 Å². The van der Waals surface area contributed by atoms with Crippen LogP contribution in [-0.2, 0) is 11.2 Å². The first kappa shape index (κ1) is 15.7. The summed E-state index contributed by atoms with van der Waals surface area (Å²) >= 11 is 5.97. The van der Waals surface area contributed by atoms with Crippen LogP contribution in [0.1, 0.15) is 18.9 Å². The zero-order valence-electron chi connectivity index (χ0n) is 13.1. The van der Waals surface area contributed by atoms with Gasteiger partial charge in [-0.05, 0) is 55.7 Å². The molecule has 120 valence electrons. The highest BCUT2D eigenvalue weighted by molar-refractivity contribution is 6.30. The largest absolute Gasteiger partial charge is 0.398 e. The number of nitrogens with one attached hydrogen (secondary N) is 1. The fourth-order valence-electron chi connectivity index (χ4n) is 3.04. The number of fused-ring (bicyclic) bond motifs is 1. The van der Waals surface area contributed by atoms with Gasteiger partial charge in [0.1, 0.15) is 6.04 Å². The number of carbonyl (C=O) groups is 1. The number of benzene rings is 2. The molecular weight excluding hydrogens is 310 g/mol. The number of carbonyl (C=O) groups excluding carboxylic acids is 1. The van der Waals surface area contributed by atoms with Crippen LogP contribution < -0.4 is 16.0 Å². The minimum atomic E-state index is -0.283. The van der Waals surface area contributed by atoms with Gasteiger partial charge in [-0.25, -0.2) is 0 Å². The van der Waals surface area contributed by atoms with Gasteiger partial charge in [-0.15, -0.1) is 0 Å². The van der Waals surface area contributed by atoms with Gasteiger partial charge in [-0.3, -0.25) is 4.79 Å². The predicted octanol–water partition coefficient (Wildman–Crippen LogP) is 3.70. The minimum Gasteiger partial charge on any atom is -0.398 e. The van der Waals surface area contributed by atoms with Gasteiger partial charge in [0.2, 0.25) is 5.91 Å². The van der Waals surface area contributed by atoms with Crippen molar-refractivity contribution in [1.82, 2.24) is 0 Å². The van der Waals surface area contributed by atoms with E-state index in [1.807, 2.05) is 37.3 Å². The van der Waals surface area contributed by atoms with E-state index in [1.165, 1.54) is 0 Å². The van der Waals surface area contributed by atoms with E-state index in [2.05, 4.69) is 10.2 Å². The van der Waals surface area contributed by atoms with E-state index in [-0.39, 0.29) is 11.9 Å². The van der Waals surface area contributed by atoms with Crippen LogP contribution in [0.3, 0.4) is 0 Å². The Morgan fingerprint density at radius 1 is 1.30 bits per heavy atom. The summed E-state index contributed by atoms with van der Waals surface area (Å²) in [6.45, 7) is 2.76. The smallest absolute Gasteiger partial charge is 0.246 e. The summed E-state index contributed by atoms with van der Waals surface area (Å²) in [4.78, 5) is 14.7. The Hall–Kier alpha value is -2.20. The molecule has 2 aromatic carbocycles. The van der Waals surface area contributed by atoms with Crippen molar-refractivity contribution in [1.29, 1.82) is 0 Å². The average Bonchev–Trinajstić information content (AvgIpc) is 2.54. The third-order valence-electron chi connectivity index (χ3n) is 4.26. The first-order valence-corrected chi connectivity index (χ1v) is 8.14. The van der Waals surface area contributed by atoms with Crippen LogP contribution >= 0.6 is 11.6 Å². The number of anilines is 3. The lowest BCUT2D eigenvalue weighted by Crippen LogP contribution is -2.44. The average molecular weight is 330 g/mol. The number of rotatable bonds is 3. The molecule has 1 amide bonds. The van der Waals surface area contributed by atoms with E-state index in [1.54, 1.807) is 12.1 Å². The van der Waals surface area contributed by atoms with Gasteiger partial charge >= 0.3 is 0 Å². The molecule has 0 fully saturated rings. The molecule has 1 aliphatic rings. The summed E-state index contributed by atoms with van der Waals surface area (Å²) in [7, 11) is 0. The number of nitrogens with zero attached hydrogens (tertiary/aromatic N) is 1. The molecular formula is C18H20ClN3O. The third kappa shape index (κ3) is 3.27. The molecule has 3 rings (SSSR count). The molecule has 0 saturated carbocycles. The van der Waals surface area contributed by atoms with E-state index >= 15 is 0 Å². The fraction of sp³-hybridized carbons (Fsp3) is 0.278. The molecule has 5 heteroatoms. The normalized spacial score (nSPS) is 15.0. The molecule has 0 aliphatic carbocycles. The van der Waals surface area contributed by atoms with Gasteiger partial charge in [0, 0.05) is 28.6 Å². The van der Waals surface area contributed by atoms with E-state index in [0.29, 0.717) is 10.7 Å². The molecule has 23 heavy (non-hydrogen) atoms. The van der Waals surface area contributed by atoms with Crippen molar-refractivity contribution >= 4 is 34.6 Å². The maximum atomic E-state index is 12.6. The van der Waals surface area contributed by atoms with Crippen molar-refractivity contribution in [2.75, 3.05) is 22.5 Å². The van der Waals surface area contributed by atoms with Crippen LogP contribution in [-0.4, -0.2) is 18.5 Å². The Labute approximate surface area is 141 Å². The topological polar surface area (TPSA) is 58.4 Å². The zero-order valence-corrected chi connectivity index (χ0v) is 13.8. The fourth-order valence-corrected chi connectivity index (χ4v) is 3.23. The van der Waals surface area contributed by atoms with Crippen LogP contribution in [0.15, 0.2) is 42.5 Å². The number of nitrogens with two attached hydrogens (primary N) is 1. The number of amides is 1. The maximum absolute atomic E-state index is 12.6. The zero-order chi connectivity index (χ0) is 16.4. The van der Waals surface area contributed by atoms with Gasteiger partial charge in [0.05, 0.1) is 0 Å². The molecule has 0 radical (unpaired) electrons. The first-order chi connectivity index (χ1) is 11.1. The van der Waals surface area contributed by atoms with Crippen LogP contribution in [0.25, 0.3) is 0 Å². The SMILES string of the molecule is CC(C(=O)Nc1cccc(Cl)c1)N1CCCc2c(N)cccc21. The van der Waals surface area contributed by atoms with Gasteiger partial charge in [0.25, 0.3) is 0 Å². The van der Waals surface area contributed by atoms with Crippen LogP contribution in [0.2, 0.25) is 5.02 Å². The highest BCUT2D eigenvalue weighted by Gasteiger charge is 2.26. The van der Waals surface area contributed by atoms with E-state index in [9.17, 15) is 4.79 Å². The molecule has 2 aromatic rings. The molecule has 0 aromatic heterocycles. The molecule has 3 N–H and O–H groups in total. The van der Waals surface area contributed by atoms with Crippen LogP contribution in [0, 0.1) is 0 Å². The Bertz CT molecular complexity index is 732. The standard InChI is InChI=1S/C18H20ClN3O/c1-12(18(23)21-14-6-2-5-13(19)11-14)22-10-4-7-15-16(20)8-3-9-17(15)22/h2-3,5-6,8-9,11-12H,4,7,10,20H2,1H3,(H,21,23). The lowest BCUT2D eigenvalue weighted by atomic mass is 9.98. The Balaban J connectivity index is 1.80. The van der Waals surface area contributed by atoms with Gasteiger partial charge in [-0.1, -0.05) is 23.7 Å². The summed E-state index contributed by atoms with van der Waals surface area (Å²) in [6.07, 6.45) is 1.96. The third-order valence-corrected chi connectivity index (χ3v) is 4.50. The van der Waals surface area contributed by atoms with Crippen molar-refractivity contribution in [3.05, 3.63) is 53.1 Å². The van der Waals surface area contributed by atoms with Crippen molar-refractivity contribution in [2.24, 2.45) is 0 Å². The lowest BCUT2D eigenvalue weighted by molar-refractivity contribution is -0.117. The highest BCUT2D eigenvalue weighted by Crippen LogP contribution is 2.32. The van der Waals surface area contributed by atoms with E-state index < -0.39 is 0 Å². The van der Waals surface area contributed by atoms with Crippen molar-refractivity contribution in [3.8, 4) is 0 Å². The summed E-state index contributed by atoms with van der Waals surface area (Å²) in [6, 6.07) is 12.8.